The van der Waals surface area contributed by atoms with Gasteiger partial charge in [-0.05, 0) is 30.3 Å². The van der Waals surface area contributed by atoms with Crippen LogP contribution in [0.25, 0.3) is 11.3 Å². The summed E-state index contributed by atoms with van der Waals surface area (Å²) in [5, 5.41) is 9.85. The van der Waals surface area contributed by atoms with Crippen LogP contribution in [0, 0.1) is 0 Å². The van der Waals surface area contributed by atoms with Crippen LogP contribution in [0.15, 0.2) is 64.8 Å². The van der Waals surface area contributed by atoms with Crippen molar-refractivity contribution in [2.24, 2.45) is 0 Å². The van der Waals surface area contributed by atoms with E-state index >= 15 is 0 Å². The molecule has 31 heavy (non-hydrogen) atoms. The van der Waals surface area contributed by atoms with Gasteiger partial charge in [0, 0.05) is 34.5 Å². The summed E-state index contributed by atoms with van der Waals surface area (Å²) in [6.07, 6.45) is 0. The Morgan fingerprint density at radius 2 is 1.90 bits per heavy atom. The quantitative estimate of drug-likeness (QED) is 0.411. The highest BCUT2D eigenvalue weighted by atomic mass is 32.1. The minimum atomic E-state index is -0.263. The maximum atomic E-state index is 12.6. The normalized spacial score (nSPS) is 10.5. The van der Waals surface area contributed by atoms with Gasteiger partial charge in [0.25, 0.3) is 5.91 Å². The summed E-state index contributed by atoms with van der Waals surface area (Å²) >= 11 is 2.85. The van der Waals surface area contributed by atoms with Gasteiger partial charge in [-0.15, -0.1) is 22.7 Å². The van der Waals surface area contributed by atoms with E-state index in [9.17, 15) is 9.59 Å². The van der Waals surface area contributed by atoms with E-state index in [1.165, 1.54) is 29.6 Å². The number of ether oxygens (including phenoxy) is 1. The maximum Gasteiger partial charge on any atom is 0.257 e. The Labute approximate surface area is 186 Å². The first kappa shape index (κ1) is 20.7. The molecule has 0 unspecified atom stereocenters. The third kappa shape index (κ3) is 5.53. The van der Waals surface area contributed by atoms with E-state index in [0.29, 0.717) is 23.1 Å². The highest BCUT2D eigenvalue weighted by molar-refractivity contribution is 7.14. The first-order valence-corrected chi connectivity index (χ1v) is 11.1. The smallest absolute Gasteiger partial charge is 0.257 e. The molecule has 0 fully saturated rings. The lowest BCUT2D eigenvalue weighted by molar-refractivity contribution is -0.114. The summed E-state index contributed by atoms with van der Waals surface area (Å²) in [5.74, 6) is 0.213. The minimum Gasteiger partial charge on any atom is -0.487 e. The highest BCUT2D eigenvalue weighted by Gasteiger charge is 2.11. The summed E-state index contributed by atoms with van der Waals surface area (Å²) in [6, 6.07) is 14.4. The predicted molar refractivity (Wildman–Crippen MR) is 123 cm³/mol. The number of nitrogens with one attached hydrogen (secondary N) is 2. The number of hydrogen-bond acceptors (Lipinski definition) is 7. The standard InChI is InChI=1S/C22H18N4O3S2/c1-14(27)24-17-7-5-15(6-8-17)20-12-31-22(25-20)26-21(28)16-3-2-4-19(9-16)29-10-18-11-30-13-23-18/h2-9,11-13H,10H2,1H3,(H,24,27)(H,25,26,28). The zero-order chi connectivity index (χ0) is 21.6. The Bertz CT molecular complexity index is 1190. The predicted octanol–water partition coefficient (Wildman–Crippen LogP) is 5.06. The molecule has 0 spiro atoms. The molecule has 2 amide bonds. The molecule has 0 saturated carbocycles. The summed E-state index contributed by atoms with van der Waals surface area (Å²) in [6.45, 7) is 1.82. The summed E-state index contributed by atoms with van der Waals surface area (Å²) in [5.41, 5.74) is 5.44. The van der Waals surface area contributed by atoms with E-state index < -0.39 is 0 Å². The molecule has 156 valence electrons. The van der Waals surface area contributed by atoms with E-state index in [1.54, 1.807) is 29.8 Å². The Hall–Kier alpha value is -3.56. The number of amides is 2. The van der Waals surface area contributed by atoms with Crippen LogP contribution in [0.3, 0.4) is 0 Å². The number of anilines is 2. The van der Waals surface area contributed by atoms with Gasteiger partial charge >= 0.3 is 0 Å². The monoisotopic (exact) mass is 450 g/mol. The number of carbonyl (C=O) groups excluding carboxylic acids is 2. The van der Waals surface area contributed by atoms with Gasteiger partial charge in [-0.1, -0.05) is 18.2 Å². The molecular weight excluding hydrogens is 432 g/mol. The maximum absolute atomic E-state index is 12.6. The lowest BCUT2D eigenvalue weighted by atomic mass is 10.1. The number of benzene rings is 2. The molecular formula is C22H18N4O3S2. The Morgan fingerprint density at radius 3 is 2.65 bits per heavy atom. The van der Waals surface area contributed by atoms with Crippen LogP contribution in [0.5, 0.6) is 5.75 Å². The van der Waals surface area contributed by atoms with E-state index in [-0.39, 0.29) is 11.8 Å². The van der Waals surface area contributed by atoms with Crippen LogP contribution < -0.4 is 15.4 Å². The van der Waals surface area contributed by atoms with Gasteiger partial charge in [0.2, 0.25) is 5.91 Å². The van der Waals surface area contributed by atoms with Crippen LogP contribution >= 0.6 is 22.7 Å². The zero-order valence-corrected chi connectivity index (χ0v) is 18.1. The van der Waals surface area contributed by atoms with Crippen LogP contribution in [0.2, 0.25) is 0 Å². The van der Waals surface area contributed by atoms with Crippen molar-refractivity contribution in [2.45, 2.75) is 13.5 Å². The van der Waals surface area contributed by atoms with Gasteiger partial charge in [-0.2, -0.15) is 0 Å². The molecule has 7 nitrogen and oxygen atoms in total. The molecule has 0 radical (unpaired) electrons. The molecule has 2 aromatic heterocycles. The molecule has 9 heteroatoms. The summed E-state index contributed by atoms with van der Waals surface area (Å²) in [4.78, 5) is 32.4. The molecule has 2 aromatic carbocycles. The lowest BCUT2D eigenvalue weighted by Gasteiger charge is -2.07. The van der Waals surface area contributed by atoms with E-state index in [1.807, 2.05) is 35.0 Å². The number of nitrogens with zero attached hydrogens (tertiary/aromatic N) is 2. The van der Waals surface area contributed by atoms with Crippen molar-refractivity contribution in [3.8, 4) is 17.0 Å². The molecule has 2 heterocycles. The van der Waals surface area contributed by atoms with Crippen molar-refractivity contribution < 1.29 is 14.3 Å². The molecule has 2 N–H and O–H groups in total. The number of rotatable bonds is 7. The third-order valence-electron chi connectivity index (χ3n) is 4.19. The average molecular weight is 451 g/mol. The molecule has 0 saturated heterocycles. The second kappa shape index (κ2) is 9.50. The SMILES string of the molecule is CC(=O)Nc1ccc(-c2csc(NC(=O)c3cccc(OCc4cscn4)c3)n2)cc1. The van der Waals surface area contributed by atoms with Gasteiger partial charge in [0.05, 0.1) is 16.9 Å². The summed E-state index contributed by atoms with van der Waals surface area (Å²) < 4.78 is 5.71. The van der Waals surface area contributed by atoms with Crippen molar-refractivity contribution in [3.05, 3.63) is 76.1 Å². The molecule has 0 aliphatic carbocycles. The van der Waals surface area contributed by atoms with Crippen LogP contribution in [0.4, 0.5) is 10.8 Å². The molecule has 0 aliphatic rings. The first-order valence-electron chi connectivity index (χ1n) is 9.31. The molecule has 4 aromatic rings. The van der Waals surface area contributed by atoms with E-state index in [0.717, 1.165) is 22.6 Å². The van der Waals surface area contributed by atoms with Gasteiger partial charge < -0.3 is 10.1 Å². The fourth-order valence-electron chi connectivity index (χ4n) is 2.75. The van der Waals surface area contributed by atoms with Crippen LogP contribution in [0.1, 0.15) is 23.0 Å². The molecule has 0 bridgehead atoms. The van der Waals surface area contributed by atoms with E-state index in [2.05, 4.69) is 20.6 Å². The molecule has 0 atom stereocenters. The molecule has 0 aliphatic heterocycles. The van der Waals surface area contributed by atoms with Crippen molar-refractivity contribution in [1.29, 1.82) is 0 Å². The van der Waals surface area contributed by atoms with Crippen LogP contribution in [-0.2, 0) is 11.4 Å². The summed E-state index contributed by atoms with van der Waals surface area (Å²) in [7, 11) is 0. The second-order valence-electron chi connectivity index (χ2n) is 6.55. The minimum absolute atomic E-state index is 0.121. The third-order valence-corrected chi connectivity index (χ3v) is 5.59. The molecule has 4 rings (SSSR count). The number of thiazole rings is 2. The van der Waals surface area contributed by atoms with Gasteiger partial charge in [-0.25, -0.2) is 9.97 Å². The Kier molecular flexibility index (Phi) is 6.34. The largest absolute Gasteiger partial charge is 0.487 e. The number of aromatic nitrogens is 2. The van der Waals surface area contributed by atoms with Crippen LogP contribution in [-0.4, -0.2) is 21.8 Å². The van der Waals surface area contributed by atoms with Crippen molar-refractivity contribution in [1.82, 2.24) is 9.97 Å². The van der Waals surface area contributed by atoms with Crippen molar-refractivity contribution >= 4 is 45.3 Å². The first-order chi connectivity index (χ1) is 15.1. The zero-order valence-electron chi connectivity index (χ0n) is 16.5. The second-order valence-corrected chi connectivity index (χ2v) is 8.12. The average Bonchev–Trinajstić information content (AvgIpc) is 3.45. The van der Waals surface area contributed by atoms with E-state index in [4.69, 9.17) is 4.74 Å². The Balaban J connectivity index is 1.39. The van der Waals surface area contributed by atoms with Gasteiger partial charge in [-0.3, -0.25) is 14.9 Å². The fraction of sp³-hybridized carbons (Fsp3) is 0.0909. The lowest BCUT2D eigenvalue weighted by Crippen LogP contribution is -2.11. The van der Waals surface area contributed by atoms with Crippen molar-refractivity contribution in [3.63, 3.8) is 0 Å². The van der Waals surface area contributed by atoms with Gasteiger partial charge in [0.1, 0.15) is 12.4 Å². The number of hydrogen-bond donors (Lipinski definition) is 2. The Morgan fingerprint density at radius 1 is 1.06 bits per heavy atom. The van der Waals surface area contributed by atoms with Gasteiger partial charge in [0.15, 0.2) is 5.13 Å². The fourth-order valence-corrected chi connectivity index (χ4v) is 4.01. The highest BCUT2D eigenvalue weighted by Crippen LogP contribution is 2.26. The van der Waals surface area contributed by atoms with Crippen molar-refractivity contribution in [2.75, 3.05) is 10.6 Å². The number of carbonyl (C=O) groups is 2. The topological polar surface area (TPSA) is 93.2 Å².